The molecule has 4 N–H and O–H groups in total. The number of rotatable bonds is 13. The average Bonchev–Trinajstić information content (AvgIpc) is 3.61. The number of nitrogens with zero attached hydrogens (tertiary/aromatic N) is 2. The van der Waals surface area contributed by atoms with E-state index in [2.05, 4.69) is 39.8 Å². The molecule has 1 heterocycles. The highest BCUT2D eigenvalue weighted by Gasteiger charge is 2.38. The maximum absolute atomic E-state index is 12.7. The van der Waals surface area contributed by atoms with Gasteiger partial charge in [0.05, 0.1) is 18.9 Å². The summed E-state index contributed by atoms with van der Waals surface area (Å²) in [4.78, 5) is 40.5. The molecule has 15 heteroatoms. The molecule has 0 radical (unpaired) electrons. The first-order chi connectivity index (χ1) is 23.4. The van der Waals surface area contributed by atoms with Gasteiger partial charge in [-0.25, -0.2) is 19.4 Å². The van der Waals surface area contributed by atoms with E-state index in [9.17, 15) is 22.8 Å². The van der Waals surface area contributed by atoms with Crippen molar-refractivity contribution in [3.8, 4) is 17.1 Å². The Bertz CT molecular complexity index is 1640. The van der Waals surface area contributed by atoms with E-state index in [0.717, 1.165) is 36.2 Å². The van der Waals surface area contributed by atoms with Crippen LogP contribution in [0.25, 0.3) is 11.3 Å². The largest absolute Gasteiger partial charge is 0.496 e. The number of ether oxygens (including phenoxy) is 2. The van der Waals surface area contributed by atoms with Crippen LogP contribution in [0.4, 0.5) is 34.1 Å². The summed E-state index contributed by atoms with van der Waals surface area (Å²) in [5.41, 5.74) is 3.61. The van der Waals surface area contributed by atoms with Gasteiger partial charge in [-0.05, 0) is 55.4 Å². The number of halogens is 3. The first kappa shape index (κ1) is 37.9. The Morgan fingerprint density at radius 2 is 1.67 bits per heavy atom. The molecule has 0 aliphatic carbocycles. The minimum absolute atomic E-state index is 0.244. The third-order valence-corrected chi connectivity index (χ3v) is 6.82. The average molecular weight is 686 g/mol. The van der Waals surface area contributed by atoms with Gasteiger partial charge in [-0.2, -0.15) is 13.2 Å². The van der Waals surface area contributed by atoms with E-state index in [1.165, 1.54) is 6.39 Å². The highest BCUT2D eigenvalue weighted by Crippen LogP contribution is 2.32. The summed E-state index contributed by atoms with van der Waals surface area (Å²) in [5.74, 6) is -1.66. The second-order valence-corrected chi connectivity index (χ2v) is 10.6. The number of carbonyl (C=O) groups excluding carboxylic acids is 2. The Morgan fingerprint density at radius 3 is 2.29 bits per heavy atom. The number of benzene rings is 3. The highest BCUT2D eigenvalue weighted by atomic mass is 19.4. The second kappa shape index (κ2) is 18.7. The van der Waals surface area contributed by atoms with E-state index in [-0.39, 0.29) is 12.6 Å². The summed E-state index contributed by atoms with van der Waals surface area (Å²) >= 11 is 0. The van der Waals surface area contributed by atoms with Gasteiger partial charge in [-0.1, -0.05) is 49.4 Å². The molecule has 4 rings (SSSR count). The van der Waals surface area contributed by atoms with Crippen LogP contribution in [-0.4, -0.2) is 66.5 Å². The molecular formula is C34H38F3N5O7. The number of hydrogen-bond acceptors (Lipinski definition) is 8. The molecule has 3 amide bonds. The number of aliphatic carboxylic acids is 1. The fourth-order valence-electron chi connectivity index (χ4n) is 4.51. The molecule has 1 atom stereocenters. The van der Waals surface area contributed by atoms with Crippen LogP contribution in [0.2, 0.25) is 0 Å². The predicted octanol–water partition coefficient (Wildman–Crippen LogP) is 7.33. The molecule has 0 fully saturated rings. The van der Waals surface area contributed by atoms with Crippen LogP contribution in [0.3, 0.4) is 0 Å². The van der Waals surface area contributed by atoms with E-state index in [1.807, 2.05) is 42.5 Å². The van der Waals surface area contributed by atoms with Crippen LogP contribution in [0.5, 0.6) is 5.75 Å². The fourth-order valence-corrected chi connectivity index (χ4v) is 4.51. The van der Waals surface area contributed by atoms with Gasteiger partial charge in [0, 0.05) is 37.0 Å². The molecule has 0 bridgehead atoms. The van der Waals surface area contributed by atoms with E-state index in [0.29, 0.717) is 29.3 Å². The lowest BCUT2D eigenvalue weighted by Gasteiger charge is -2.22. The van der Waals surface area contributed by atoms with Gasteiger partial charge < -0.3 is 39.8 Å². The predicted molar refractivity (Wildman–Crippen MR) is 176 cm³/mol. The fraction of sp³-hybridized carbons (Fsp3) is 0.294. The first-order valence-corrected chi connectivity index (χ1v) is 15.1. The molecule has 3 aromatic carbocycles. The number of alkyl halides is 3. The number of aromatic nitrogens is 1. The topological polar surface area (TPSA) is 155 Å². The van der Waals surface area contributed by atoms with Crippen molar-refractivity contribution in [2.45, 2.75) is 38.6 Å². The van der Waals surface area contributed by atoms with Gasteiger partial charge in [0.15, 0.2) is 12.2 Å². The molecule has 1 unspecified atom stereocenters. The summed E-state index contributed by atoms with van der Waals surface area (Å²) in [5, 5.41) is 15.6. The minimum atomic E-state index is -5.08. The Morgan fingerprint density at radius 1 is 0.980 bits per heavy atom. The van der Waals surface area contributed by atoms with E-state index < -0.39 is 24.3 Å². The Labute approximate surface area is 281 Å². The van der Waals surface area contributed by atoms with Gasteiger partial charge in [0.2, 0.25) is 0 Å². The molecular weight excluding hydrogens is 647 g/mol. The molecule has 0 saturated heterocycles. The molecule has 0 aliphatic heterocycles. The number of methoxy groups -OCH3 is 1. The molecule has 0 spiro atoms. The highest BCUT2D eigenvalue weighted by molar-refractivity contribution is 6.00. The van der Waals surface area contributed by atoms with Crippen molar-refractivity contribution in [2.75, 3.05) is 37.9 Å². The second-order valence-electron chi connectivity index (χ2n) is 10.6. The lowest BCUT2D eigenvalue weighted by molar-refractivity contribution is -0.192. The summed E-state index contributed by atoms with van der Waals surface area (Å²) in [6, 6.07) is 21.8. The van der Waals surface area contributed by atoms with Crippen molar-refractivity contribution in [2.24, 2.45) is 0 Å². The van der Waals surface area contributed by atoms with Crippen molar-refractivity contribution in [1.29, 1.82) is 0 Å². The van der Waals surface area contributed by atoms with Crippen molar-refractivity contribution in [3.63, 3.8) is 0 Å². The summed E-state index contributed by atoms with van der Waals surface area (Å²) in [6.07, 6.45) is -1.25. The zero-order valence-electron chi connectivity index (χ0n) is 27.1. The number of urea groups is 1. The maximum atomic E-state index is 12.7. The number of oxazole rings is 1. The zero-order valence-corrected chi connectivity index (χ0v) is 27.1. The Hall–Kier alpha value is -5.57. The number of carboxylic acid groups (broad SMARTS) is 1. The standard InChI is InChI=1S/C32H37N5O5.C2HF3O2/c1-4-16-37(2)17-15-28(24-10-6-5-7-11-24)42-32(39)34-20-23-9-8-12-25(18-23)35-31(38)36-26-13-14-27(29(19-26)40-3)30-21-33-22-41-30;3-2(4,5)1(6)7/h5-14,18-19,21-22,28H,4,15-17,20H2,1-3H3,(H,34,39)(H2,35,36,38);(H,6,7). The molecule has 0 saturated carbocycles. The molecule has 1 aromatic heterocycles. The number of hydrogen-bond donors (Lipinski definition) is 4. The van der Waals surface area contributed by atoms with Crippen molar-refractivity contribution in [3.05, 3.63) is 96.5 Å². The van der Waals surface area contributed by atoms with Gasteiger partial charge in [0.1, 0.15) is 11.9 Å². The monoisotopic (exact) mass is 685 g/mol. The van der Waals surface area contributed by atoms with Crippen molar-refractivity contribution in [1.82, 2.24) is 15.2 Å². The summed E-state index contributed by atoms with van der Waals surface area (Å²) in [6.45, 7) is 4.19. The number of nitrogens with one attached hydrogen (secondary N) is 3. The Balaban J connectivity index is 0.000000838. The normalized spacial score (nSPS) is 11.5. The zero-order chi connectivity index (χ0) is 35.8. The minimum Gasteiger partial charge on any atom is -0.496 e. The lowest BCUT2D eigenvalue weighted by atomic mass is 10.1. The number of alkyl carbamates (subject to hydrolysis) is 1. The van der Waals surface area contributed by atoms with E-state index in [1.54, 1.807) is 43.6 Å². The summed E-state index contributed by atoms with van der Waals surface area (Å²) in [7, 11) is 3.61. The third-order valence-electron chi connectivity index (χ3n) is 6.82. The molecule has 262 valence electrons. The van der Waals surface area contributed by atoms with Crippen LogP contribution in [0.1, 0.15) is 37.0 Å². The lowest BCUT2D eigenvalue weighted by Crippen LogP contribution is -2.28. The maximum Gasteiger partial charge on any atom is 0.490 e. The van der Waals surface area contributed by atoms with Gasteiger partial charge in [-0.15, -0.1) is 0 Å². The SMILES string of the molecule is CCCN(C)CCC(OC(=O)NCc1cccc(NC(=O)Nc2ccc(-c3cnco3)c(OC)c2)c1)c1ccccc1.O=C(O)C(F)(F)F. The van der Waals surface area contributed by atoms with Crippen molar-refractivity contribution < 1.29 is 46.6 Å². The van der Waals surface area contributed by atoms with Crippen LogP contribution < -0.4 is 20.7 Å². The van der Waals surface area contributed by atoms with E-state index in [4.69, 9.17) is 23.8 Å². The third kappa shape index (κ3) is 12.9. The molecule has 49 heavy (non-hydrogen) atoms. The smallest absolute Gasteiger partial charge is 0.490 e. The summed E-state index contributed by atoms with van der Waals surface area (Å²) < 4.78 is 48.4. The molecule has 12 nitrogen and oxygen atoms in total. The number of anilines is 2. The first-order valence-electron chi connectivity index (χ1n) is 15.1. The van der Waals surface area contributed by atoms with Crippen LogP contribution >= 0.6 is 0 Å². The number of carboxylic acids is 1. The van der Waals surface area contributed by atoms with Crippen LogP contribution in [0.15, 0.2) is 89.8 Å². The molecule has 4 aromatic rings. The van der Waals surface area contributed by atoms with Crippen molar-refractivity contribution >= 4 is 29.5 Å². The van der Waals surface area contributed by atoms with Gasteiger partial charge in [-0.3, -0.25) is 0 Å². The number of carbonyl (C=O) groups is 3. The quantitative estimate of drug-likeness (QED) is 0.113. The van der Waals surface area contributed by atoms with Gasteiger partial charge in [0.25, 0.3) is 0 Å². The van der Waals surface area contributed by atoms with E-state index >= 15 is 0 Å². The molecule has 0 aliphatic rings. The van der Waals surface area contributed by atoms with Crippen LogP contribution in [-0.2, 0) is 16.1 Å². The van der Waals surface area contributed by atoms with Gasteiger partial charge >= 0.3 is 24.3 Å². The Kier molecular flexibility index (Phi) is 14.4. The van der Waals surface area contributed by atoms with Crippen LogP contribution in [0, 0.1) is 0 Å². The number of amides is 3.